The summed E-state index contributed by atoms with van der Waals surface area (Å²) >= 11 is 1.23. The van der Waals surface area contributed by atoms with Crippen molar-refractivity contribution in [1.29, 1.82) is 0 Å². The Bertz CT molecular complexity index is 1460. The molecule has 2 aromatic carbocycles. The number of carbonyl (C=O) groups excluding carboxylic acids is 1. The number of rotatable bonds is 8. The lowest BCUT2D eigenvalue weighted by Crippen LogP contribution is -2.40. The smallest absolute Gasteiger partial charge is 0.260 e. The Morgan fingerprint density at radius 2 is 1.69 bits per heavy atom. The third-order valence-corrected chi connectivity index (χ3v) is 9.81. The van der Waals surface area contributed by atoms with Crippen molar-refractivity contribution in [3.63, 3.8) is 0 Å². The molecule has 0 bridgehead atoms. The van der Waals surface area contributed by atoms with E-state index in [0.29, 0.717) is 47.2 Å². The maximum absolute atomic E-state index is 13.6. The number of sulfone groups is 1. The quantitative estimate of drug-likeness (QED) is 0.416. The Balaban J connectivity index is 1.67. The van der Waals surface area contributed by atoms with Gasteiger partial charge in [0.15, 0.2) is 15.0 Å². The first-order valence-electron chi connectivity index (χ1n) is 11.2. The number of ether oxygens (including phenoxy) is 1. The molecule has 0 radical (unpaired) electrons. The highest BCUT2D eigenvalue weighted by Gasteiger charge is 2.28. The number of hydrogen-bond acceptors (Lipinski definition) is 9. The maximum atomic E-state index is 13.6. The van der Waals surface area contributed by atoms with Crippen LogP contribution < -0.4 is 4.90 Å². The molecule has 36 heavy (non-hydrogen) atoms. The van der Waals surface area contributed by atoms with Gasteiger partial charge in [0.05, 0.1) is 27.7 Å². The highest BCUT2D eigenvalue weighted by molar-refractivity contribution is 7.91. The van der Waals surface area contributed by atoms with Gasteiger partial charge in [-0.2, -0.15) is 4.31 Å². The molecule has 0 saturated carbocycles. The summed E-state index contributed by atoms with van der Waals surface area (Å²) in [4.78, 5) is 21.7. The van der Waals surface area contributed by atoms with Crippen LogP contribution in [0, 0.1) is 0 Å². The molecule has 2 heterocycles. The summed E-state index contributed by atoms with van der Waals surface area (Å²) < 4.78 is 57.6. The maximum Gasteiger partial charge on any atom is 0.260 e. The number of thiazole rings is 1. The Kier molecular flexibility index (Phi) is 7.78. The van der Waals surface area contributed by atoms with Gasteiger partial charge in [0.25, 0.3) is 5.91 Å². The van der Waals surface area contributed by atoms with Crippen LogP contribution >= 0.6 is 11.3 Å². The van der Waals surface area contributed by atoms with Gasteiger partial charge in [0.2, 0.25) is 10.0 Å². The van der Waals surface area contributed by atoms with Crippen molar-refractivity contribution in [3.05, 3.63) is 48.0 Å². The van der Waals surface area contributed by atoms with E-state index in [1.54, 1.807) is 12.1 Å². The minimum absolute atomic E-state index is 0.110. The SMILES string of the molecule is CN(C)CCN(C(=O)c1ccc(S(=O)(=O)N2CCOCC2)cc1)c1nc2c(S(C)(=O)=O)cccc2s1. The van der Waals surface area contributed by atoms with Gasteiger partial charge in [-0.25, -0.2) is 21.8 Å². The average Bonchev–Trinajstić information content (AvgIpc) is 3.27. The number of hydrogen-bond donors (Lipinski definition) is 0. The number of fused-ring (bicyclic) bond motifs is 1. The zero-order chi connectivity index (χ0) is 26.1. The van der Waals surface area contributed by atoms with Crippen LogP contribution in [0.1, 0.15) is 10.4 Å². The van der Waals surface area contributed by atoms with Crippen LogP contribution in [0.4, 0.5) is 5.13 Å². The van der Waals surface area contributed by atoms with Gasteiger partial charge < -0.3 is 9.64 Å². The largest absolute Gasteiger partial charge is 0.379 e. The van der Waals surface area contributed by atoms with Crippen LogP contribution in [0.15, 0.2) is 52.3 Å². The van der Waals surface area contributed by atoms with Gasteiger partial charge in [-0.1, -0.05) is 17.4 Å². The lowest BCUT2D eigenvalue weighted by atomic mass is 10.2. The van der Waals surface area contributed by atoms with Gasteiger partial charge in [-0.15, -0.1) is 0 Å². The van der Waals surface area contributed by atoms with E-state index < -0.39 is 19.9 Å². The van der Waals surface area contributed by atoms with Gasteiger partial charge in [0.1, 0.15) is 5.52 Å². The predicted octanol–water partition coefficient (Wildman–Crippen LogP) is 1.93. The second kappa shape index (κ2) is 10.5. The monoisotopic (exact) mass is 552 g/mol. The number of para-hydroxylation sites is 1. The molecular formula is C23H28N4O6S3. The molecule has 0 spiro atoms. The number of amides is 1. The summed E-state index contributed by atoms with van der Waals surface area (Å²) in [6, 6.07) is 10.8. The molecule has 0 N–H and O–H groups in total. The topological polar surface area (TPSA) is 117 Å². The number of anilines is 1. The molecule has 1 amide bonds. The fourth-order valence-electron chi connectivity index (χ4n) is 3.77. The minimum Gasteiger partial charge on any atom is -0.379 e. The van der Waals surface area contributed by atoms with Crippen molar-refractivity contribution in [2.45, 2.75) is 9.79 Å². The number of sulfonamides is 1. The minimum atomic E-state index is -3.68. The van der Waals surface area contributed by atoms with E-state index in [2.05, 4.69) is 4.98 Å². The number of morpholine rings is 1. The standard InChI is InChI=1S/C23H28N4O6S3/c1-25(2)11-12-27(23-24-21-19(34-23)5-4-6-20(21)35(3,29)30)22(28)17-7-9-18(10-8-17)36(31,32)26-13-15-33-16-14-26/h4-10H,11-16H2,1-3H3. The second-order valence-corrected chi connectivity index (χ2v) is 13.6. The summed E-state index contributed by atoms with van der Waals surface area (Å²) in [7, 11) is -3.42. The molecule has 0 unspecified atom stereocenters. The molecule has 1 aliphatic rings. The van der Waals surface area contributed by atoms with Gasteiger partial charge >= 0.3 is 0 Å². The fraction of sp³-hybridized carbons (Fsp3) is 0.391. The first kappa shape index (κ1) is 26.6. The van der Waals surface area contributed by atoms with Crippen LogP contribution in [-0.4, -0.2) is 96.7 Å². The van der Waals surface area contributed by atoms with Crippen LogP contribution in [-0.2, 0) is 24.6 Å². The number of likely N-dealkylation sites (N-methyl/N-ethyl adjacent to an activating group) is 1. The van der Waals surface area contributed by atoms with Gasteiger partial charge in [-0.3, -0.25) is 9.69 Å². The highest BCUT2D eigenvalue weighted by Crippen LogP contribution is 2.33. The number of nitrogens with zero attached hydrogens (tertiary/aromatic N) is 4. The van der Waals surface area contributed by atoms with E-state index in [0.717, 1.165) is 6.26 Å². The van der Waals surface area contributed by atoms with Gasteiger partial charge in [0, 0.05) is 38.0 Å². The van der Waals surface area contributed by atoms with Crippen molar-refractivity contribution in [3.8, 4) is 0 Å². The summed E-state index contributed by atoms with van der Waals surface area (Å²) in [5.74, 6) is -0.355. The molecular weight excluding hydrogens is 524 g/mol. The van der Waals surface area contributed by atoms with E-state index in [1.165, 1.54) is 50.9 Å². The molecule has 1 aromatic heterocycles. The fourth-order valence-corrected chi connectivity index (χ4v) is 7.09. The molecule has 13 heteroatoms. The third-order valence-electron chi connectivity index (χ3n) is 5.73. The van der Waals surface area contributed by atoms with E-state index >= 15 is 0 Å². The first-order chi connectivity index (χ1) is 17.0. The lowest BCUT2D eigenvalue weighted by molar-refractivity contribution is 0.0730. The summed E-state index contributed by atoms with van der Waals surface area (Å²) in [6.45, 7) is 2.13. The third kappa shape index (κ3) is 5.61. The molecule has 0 aliphatic carbocycles. The second-order valence-electron chi connectivity index (χ2n) is 8.67. The van der Waals surface area contributed by atoms with Crippen molar-refractivity contribution in [2.24, 2.45) is 0 Å². The van der Waals surface area contributed by atoms with Crippen molar-refractivity contribution < 1.29 is 26.4 Å². The number of aromatic nitrogens is 1. The molecule has 1 saturated heterocycles. The molecule has 1 aliphatic heterocycles. The van der Waals surface area contributed by atoms with E-state index in [1.807, 2.05) is 19.0 Å². The van der Waals surface area contributed by atoms with Crippen LogP contribution in [0.5, 0.6) is 0 Å². The van der Waals surface area contributed by atoms with Crippen LogP contribution in [0.2, 0.25) is 0 Å². The lowest BCUT2D eigenvalue weighted by Gasteiger charge is -2.26. The van der Waals surface area contributed by atoms with E-state index in [-0.39, 0.29) is 28.8 Å². The molecule has 0 atom stereocenters. The predicted molar refractivity (Wildman–Crippen MR) is 139 cm³/mol. The highest BCUT2D eigenvalue weighted by atomic mass is 32.2. The zero-order valence-corrected chi connectivity index (χ0v) is 22.7. The number of benzene rings is 2. The summed E-state index contributed by atoms with van der Waals surface area (Å²) in [5.41, 5.74) is 0.631. The van der Waals surface area contributed by atoms with Crippen LogP contribution in [0.25, 0.3) is 10.2 Å². The molecule has 194 valence electrons. The Hall–Kier alpha value is -2.42. The van der Waals surface area contributed by atoms with E-state index in [4.69, 9.17) is 4.74 Å². The Labute approximate surface area is 215 Å². The van der Waals surface area contributed by atoms with Crippen molar-refractivity contribution >= 4 is 52.5 Å². The zero-order valence-electron chi connectivity index (χ0n) is 20.2. The van der Waals surface area contributed by atoms with Gasteiger partial charge in [-0.05, 0) is 50.5 Å². The van der Waals surface area contributed by atoms with E-state index in [9.17, 15) is 21.6 Å². The molecule has 4 rings (SSSR count). The first-order valence-corrected chi connectivity index (χ1v) is 15.4. The van der Waals surface area contributed by atoms with Crippen molar-refractivity contribution in [1.82, 2.24) is 14.2 Å². The summed E-state index contributed by atoms with van der Waals surface area (Å²) in [6.07, 6.45) is 1.13. The number of carbonyl (C=O) groups is 1. The Morgan fingerprint density at radius 1 is 1.03 bits per heavy atom. The summed E-state index contributed by atoms with van der Waals surface area (Å²) in [5, 5.41) is 0.373. The Morgan fingerprint density at radius 3 is 2.31 bits per heavy atom. The van der Waals surface area contributed by atoms with Crippen molar-refractivity contribution in [2.75, 3.05) is 64.6 Å². The normalized spacial score (nSPS) is 15.4. The van der Waals surface area contributed by atoms with Crippen LogP contribution in [0.3, 0.4) is 0 Å². The molecule has 1 fully saturated rings. The molecule has 10 nitrogen and oxygen atoms in total. The molecule has 3 aromatic rings. The average molecular weight is 553 g/mol.